The second-order valence-corrected chi connectivity index (χ2v) is 2.86. The van der Waals surface area contributed by atoms with E-state index in [1.54, 1.807) is 0 Å². The van der Waals surface area contributed by atoms with Gasteiger partial charge in [-0.3, -0.25) is 0 Å². The summed E-state index contributed by atoms with van der Waals surface area (Å²) in [5.74, 6) is 0. The summed E-state index contributed by atoms with van der Waals surface area (Å²) in [6, 6.07) is 2.19. The third-order valence-corrected chi connectivity index (χ3v) is 1.93. The van der Waals surface area contributed by atoms with Gasteiger partial charge in [0.2, 0.25) is 0 Å². The van der Waals surface area contributed by atoms with Crippen molar-refractivity contribution in [2.24, 2.45) is 0 Å². The van der Waals surface area contributed by atoms with Gasteiger partial charge in [-0.15, -0.1) is 0 Å². The van der Waals surface area contributed by atoms with Crippen molar-refractivity contribution in [2.45, 2.75) is 26.3 Å². The van der Waals surface area contributed by atoms with Crippen LogP contribution in [0.4, 0.5) is 0 Å². The van der Waals surface area contributed by atoms with Crippen molar-refractivity contribution in [3.63, 3.8) is 0 Å². The molecule has 0 aromatic heterocycles. The Kier molecular flexibility index (Phi) is 6.73. The lowest BCUT2D eigenvalue weighted by atomic mass is 10.3. The summed E-state index contributed by atoms with van der Waals surface area (Å²) in [6.07, 6.45) is 1.15. The van der Waals surface area contributed by atoms with E-state index in [9.17, 15) is 0 Å². The minimum Gasteiger partial charge on any atom is -0.304 e. The molecule has 1 N–H and O–H groups in total. The molecule has 0 aromatic rings. The Morgan fingerprint density at radius 3 is 2.50 bits per heavy atom. The number of likely N-dealkylation sites (N-methyl/N-ethyl adjacent to an activating group) is 2. The van der Waals surface area contributed by atoms with E-state index >= 15 is 0 Å². The van der Waals surface area contributed by atoms with Gasteiger partial charge in [-0.05, 0) is 26.6 Å². The summed E-state index contributed by atoms with van der Waals surface area (Å²) in [5, 5.41) is 11.7. The fourth-order valence-electron chi connectivity index (χ4n) is 1.15. The number of nitriles is 1. The Bertz CT molecular complexity index is 139. The van der Waals surface area contributed by atoms with E-state index in [2.05, 4.69) is 30.1 Å². The maximum absolute atomic E-state index is 8.70. The number of nitrogens with zero attached hydrogens (tertiary/aromatic N) is 2. The van der Waals surface area contributed by atoms with Crippen LogP contribution in [0.25, 0.3) is 0 Å². The average molecular weight is 169 g/mol. The molecule has 0 saturated carbocycles. The number of hydrogen-bond donors (Lipinski definition) is 1. The molecule has 0 amide bonds. The van der Waals surface area contributed by atoms with Gasteiger partial charge in [0.1, 0.15) is 6.04 Å². The molecule has 3 nitrogen and oxygen atoms in total. The summed E-state index contributed by atoms with van der Waals surface area (Å²) in [5.41, 5.74) is 0. The number of rotatable bonds is 6. The summed E-state index contributed by atoms with van der Waals surface area (Å²) in [4.78, 5) is 2.28. The Hall–Kier alpha value is -0.590. The van der Waals surface area contributed by atoms with Crippen LogP contribution < -0.4 is 5.32 Å². The van der Waals surface area contributed by atoms with Gasteiger partial charge in [-0.25, -0.2) is 0 Å². The molecule has 0 rings (SSSR count). The van der Waals surface area contributed by atoms with Crippen LogP contribution in [-0.2, 0) is 0 Å². The molecule has 0 heterocycles. The fourth-order valence-corrected chi connectivity index (χ4v) is 1.15. The molecule has 0 aliphatic carbocycles. The number of hydrogen-bond acceptors (Lipinski definition) is 3. The highest BCUT2D eigenvalue weighted by Gasteiger charge is 2.08. The van der Waals surface area contributed by atoms with Gasteiger partial charge >= 0.3 is 0 Å². The van der Waals surface area contributed by atoms with E-state index in [4.69, 9.17) is 5.26 Å². The van der Waals surface area contributed by atoms with Crippen LogP contribution in [0.2, 0.25) is 0 Å². The van der Waals surface area contributed by atoms with Crippen LogP contribution in [0.5, 0.6) is 0 Å². The summed E-state index contributed by atoms with van der Waals surface area (Å²) in [7, 11) is 1.83. The summed E-state index contributed by atoms with van der Waals surface area (Å²) >= 11 is 0. The Morgan fingerprint density at radius 2 is 2.17 bits per heavy atom. The predicted octanol–water partition coefficient (Wildman–Crippen LogP) is 0.830. The van der Waals surface area contributed by atoms with Crippen molar-refractivity contribution in [1.82, 2.24) is 10.2 Å². The zero-order valence-electron chi connectivity index (χ0n) is 8.30. The first kappa shape index (κ1) is 11.4. The lowest BCUT2D eigenvalue weighted by Crippen LogP contribution is -2.38. The third-order valence-electron chi connectivity index (χ3n) is 1.93. The van der Waals surface area contributed by atoms with Crippen molar-refractivity contribution in [1.29, 1.82) is 5.26 Å². The molecule has 1 atom stereocenters. The van der Waals surface area contributed by atoms with E-state index in [1.165, 1.54) is 0 Å². The molecule has 0 saturated heterocycles. The Morgan fingerprint density at radius 1 is 1.50 bits per heavy atom. The molecule has 1 unspecified atom stereocenters. The van der Waals surface area contributed by atoms with Crippen LogP contribution in [0, 0.1) is 11.3 Å². The molecule has 0 fully saturated rings. The number of nitrogens with one attached hydrogen (secondary N) is 1. The van der Waals surface area contributed by atoms with Crippen molar-refractivity contribution in [3.05, 3.63) is 0 Å². The van der Waals surface area contributed by atoms with Crippen molar-refractivity contribution >= 4 is 0 Å². The molecular weight excluding hydrogens is 150 g/mol. The zero-order chi connectivity index (χ0) is 9.40. The molecular formula is C9H19N3. The monoisotopic (exact) mass is 169 g/mol. The van der Waals surface area contributed by atoms with E-state index in [0.717, 1.165) is 26.1 Å². The maximum Gasteiger partial charge on any atom is 0.108 e. The lowest BCUT2D eigenvalue weighted by Gasteiger charge is -2.21. The van der Waals surface area contributed by atoms with E-state index in [1.807, 2.05) is 7.05 Å². The molecule has 12 heavy (non-hydrogen) atoms. The summed E-state index contributed by atoms with van der Waals surface area (Å²) < 4.78 is 0. The first-order valence-electron chi connectivity index (χ1n) is 4.57. The van der Waals surface area contributed by atoms with E-state index in [0.29, 0.717) is 0 Å². The Balaban J connectivity index is 3.75. The molecule has 0 aliphatic heterocycles. The lowest BCUT2D eigenvalue weighted by molar-refractivity contribution is 0.274. The topological polar surface area (TPSA) is 39.1 Å². The first-order valence-corrected chi connectivity index (χ1v) is 4.57. The maximum atomic E-state index is 8.70. The van der Waals surface area contributed by atoms with Crippen molar-refractivity contribution < 1.29 is 0 Å². The average Bonchev–Trinajstić information content (AvgIpc) is 2.12. The van der Waals surface area contributed by atoms with E-state index in [-0.39, 0.29) is 6.04 Å². The fraction of sp³-hybridized carbons (Fsp3) is 0.889. The SMILES string of the molecule is CCCN(CC)CC(C#N)NC. The first-order chi connectivity index (χ1) is 5.78. The molecule has 0 aliphatic rings. The van der Waals surface area contributed by atoms with E-state index < -0.39 is 0 Å². The molecule has 0 aromatic carbocycles. The Labute approximate surface area is 75.4 Å². The van der Waals surface area contributed by atoms with Crippen molar-refractivity contribution in [3.8, 4) is 6.07 Å². The van der Waals surface area contributed by atoms with Gasteiger partial charge in [-0.1, -0.05) is 13.8 Å². The van der Waals surface area contributed by atoms with Crippen molar-refractivity contribution in [2.75, 3.05) is 26.7 Å². The van der Waals surface area contributed by atoms with Gasteiger partial charge in [0, 0.05) is 6.54 Å². The second kappa shape index (κ2) is 7.08. The highest BCUT2D eigenvalue weighted by molar-refractivity contribution is 4.90. The second-order valence-electron chi connectivity index (χ2n) is 2.86. The van der Waals surface area contributed by atoms with Crippen LogP contribution in [0.3, 0.4) is 0 Å². The van der Waals surface area contributed by atoms with Crippen LogP contribution in [-0.4, -0.2) is 37.6 Å². The predicted molar refractivity (Wildman–Crippen MR) is 50.9 cm³/mol. The summed E-state index contributed by atoms with van der Waals surface area (Å²) in [6.45, 7) is 7.21. The molecule has 70 valence electrons. The largest absolute Gasteiger partial charge is 0.304 e. The molecule has 0 radical (unpaired) electrons. The quantitative estimate of drug-likeness (QED) is 0.640. The molecule has 0 spiro atoms. The highest BCUT2D eigenvalue weighted by atomic mass is 15.1. The molecule has 3 heteroatoms. The highest BCUT2D eigenvalue weighted by Crippen LogP contribution is 1.93. The minimum absolute atomic E-state index is 0.0310. The molecule has 0 bridgehead atoms. The zero-order valence-corrected chi connectivity index (χ0v) is 8.30. The van der Waals surface area contributed by atoms with Crippen LogP contribution in [0.15, 0.2) is 0 Å². The normalized spacial score (nSPS) is 12.9. The van der Waals surface area contributed by atoms with Gasteiger partial charge in [0.05, 0.1) is 6.07 Å². The van der Waals surface area contributed by atoms with Crippen LogP contribution in [0.1, 0.15) is 20.3 Å². The third kappa shape index (κ3) is 4.32. The van der Waals surface area contributed by atoms with Gasteiger partial charge in [0.25, 0.3) is 0 Å². The van der Waals surface area contributed by atoms with Crippen LogP contribution >= 0.6 is 0 Å². The van der Waals surface area contributed by atoms with Gasteiger partial charge in [-0.2, -0.15) is 5.26 Å². The standard InChI is InChI=1S/C9H19N3/c1-4-6-12(5-2)8-9(7-10)11-3/h9,11H,4-6,8H2,1-3H3. The van der Waals surface area contributed by atoms with Gasteiger partial charge in [0.15, 0.2) is 0 Å². The van der Waals surface area contributed by atoms with Gasteiger partial charge < -0.3 is 10.2 Å². The minimum atomic E-state index is -0.0310. The smallest absolute Gasteiger partial charge is 0.108 e.